The fraction of sp³-hybridized carbons (Fsp3) is 0.200. The number of rotatable bonds is 2. The number of aromatic nitrogens is 3. The van der Waals surface area contributed by atoms with Crippen LogP contribution in [0.1, 0.15) is 11.1 Å². The van der Waals surface area contributed by atoms with Gasteiger partial charge in [0, 0.05) is 6.54 Å². The van der Waals surface area contributed by atoms with E-state index in [1.807, 2.05) is 0 Å². The zero-order valence-corrected chi connectivity index (χ0v) is 8.65. The molecule has 17 heavy (non-hydrogen) atoms. The third-order valence-electron chi connectivity index (χ3n) is 2.30. The highest BCUT2D eigenvalue weighted by atomic mass is 19.4. The van der Waals surface area contributed by atoms with Crippen molar-refractivity contribution in [2.24, 2.45) is 5.73 Å². The van der Waals surface area contributed by atoms with Crippen LogP contribution in [0.15, 0.2) is 30.9 Å². The Kier molecular flexibility index (Phi) is 2.84. The monoisotopic (exact) mass is 242 g/mol. The van der Waals surface area contributed by atoms with Gasteiger partial charge in [0.2, 0.25) is 0 Å². The lowest BCUT2D eigenvalue weighted by molar-refractivity contribution is -0.138. The van der Waals surface area contributed by atoms with Crippen molar-refractivity contribution in [2.45, 2.75) is 12.7 Å². The van der Waals surface area contributed by atoms with E-state index in [0.717, 1.165) is 6.07 Å². The van der Waals surface area contributed by atoms with E-state index in [1.165, 1.54) is 29.5 Å². The van der Waals surface area contributed by atoms with Crippen molar-refractivity contribution >= 4 is 0 Å². The first-order chi connectivity index (χ1) is 8.02. The van der Waals surface area contributed by atoms with Crippen LogP contribution in [0.3, 0.4) is 0 Å². The van der Waals surface area contributed by atoms with Gasteiger partial charge in [-0.1, -0.05) is 0 Å². The fourth-order valence-electron chi connectivity index (χ4n) is 1.51. The molecule has 7 heteroatoms. The van der Waals surface area contributed by atoms with E-state index in [1.54, 1.807) is 0 Å². The second-order valence-corrected chi connectivity index (χ2v) is 3.38. The summed E-state index contributed by atoms with van der Waals surface area (Å²) in [7, 11) is 0. The average Bonchev–Trinajstić information content (AvgIpc) is 2.80. The van der Waals surface area contributed by atoms with Crippen LogP contribution in [-0.4, -0.2) is 14.8 Å². The topological polar surface area (TPSA) is 56.7 Å². The molecule has 0 saturated carbocycles. The molecule has 0 bridgehead atoms. The van der Waals surface area contributed by atoms with Gasteiger partial charge in [0.15, 0.2) is 0 Å². The zero-order chi connectivity index (χ0) is 12.5. The molecular weight excluding hydrogens is 233 g/mol. The Morgan fingerprint density at radius 3 is 2.59 bits per heavy atom. The summed E-state index contributed by atoms with van der Waals surface area (Å²) in [5.41, 5.74) is 5.13. The Morgan fingerprint density at radius 1 is 1.29 bits per heavy atom. The molecule has 0 unspecified atom stereocenters. The summed E-state index contributed by atoms with van der Waals surface area (Å²) in [5.74, 6) is 0. The van der Waals surface area contributed by atoms with Crippen LogP contribution in [0.2, 0.25) is 0 Å². The summed E-state index contributed by atoms with van der Waals surface area (Å²) in [6.45, 7) is -0.183. The summed E-state index contributed by atoms with van der Waals surface area (Å²) < 4.78 is 39.2. The maximum Gasteiger partial charge on any atom is 0.416 e. The quantitative estimate of drug-likeness (QED) is 0.872. The Balaban J connectivity index is 2.49. The predicted molar refractivity (Wildman–Crippen MR) is 54.3 cm³/mol. The molecule has 2 aromatic rings. The van der Waals surface area contributed by atoms with E-state index >= 15 is 0 Å². The Labute approximate surface area is 94.9 Å². The van der Waals surface area contributed by atoms with Crippen LogP contribution in [0.25, 0.3) is 5.69 Å². The molecule has 1 aromatic carbocycles. The van der Waals surface area contributed by atoms with Crippen LogP contribution >= 0.6 is 0 Å². The van der Waals surface area contributed by atoms with Crippen LogP contribution in [0.4, 0.5) is 13.2 Å². The lowest BCUT2D eigenvalue weighted by atomic mass is 10.1. The molecule has 0 radical (unpaired) electrons. The number of hydrogen-bond donors (Lipinski definition) is 1. The summed E-state index contributed by atoms with van der Waals surface area (Å²) in [5, 5.41) is 3.84. The van der Waals surface area contributed by atoms with Gasteiger partial charge in [0.05, 0.1) is 11.3 Å². The maximum absolute atomic E-state index is 12.6. The first kappa shape index (κ1) is 11.6. The minimum Gasteiger partial charge on any atom is -0.326 e. The molecule has 2 N–H and O–H groups in total. The van der Waals surface area contributed by atoms with Crippen molar-refractivity contribution in [1.82, 2.24) is 14.8 Å². The minimum absolute atomic E-state index is 0.0329. The van der Waals surface area contributed by atoms with Crippen molar-refractivity contribution < 1.29 is 13.2 Å². The maximum atomic E-state index is 12.6. The van der Waals surface area contributed by atoms with E-state index in [9.17, 15) is 13.2 Å². The molecule has 0 aliphatic rings. The van der Waals surface area contributed by atoms with Crippen molar-refractivity contribution in [2.75, 3.05) is 0 Å². The van der Waals surface area contributed by atoms with Gasteiger partial charge in [-0.05, 0) is 23.8 Å². The second-order valence-electron chi connectivity index (χ2n) is 3.38. The molecule has 1 heterocycles. The molecule has 0 aliphatic carbocycles. The Hall–Kier alpha value is -1.89. The third kappa shape index (κ3) is 2.28. The average molecular weight is 242 g/mol. The van der Waals surface area contributed by atoms with Crippen LogP contribution in [0, 0.1) is 0 Å². The molecule has 0 aliphatic heterocycles. The normalized spacial score (nSPS) is 11.8. The molecule has 0 saturated heterocycles. The summed E-state index contributed by atoms with van der Waals surface area (Å²) in [6.07, 6.45) is -1.68. The number of halogens is 3. The van der Waals surface area contributed by atoms with Crippen molar-refractivity contribution in [1.29, 1.82) is 0 Å². The molecule has 0 atom stereocenters. The lowest BCUT2D eigenvalue weighted by Crippen LogP contribution is -2.12. The molecule has 0 fully saturated rings. The number of hydrogen-bond acceptors (Lipinski definition) is 3. The number of alkyl halides is 3. The molecule has 0 amide bonds. The highest BCUT2D eigenvalue weighted by Gasteiger charge is 2.32. The van der Waals surface area contributed by atoms with Gasteiger partial charge in [0.25, 0.3) is 0 Å². The van der Waals surface area contributed by atoms with E-state index in [-0.39, 0.29) is 12.1 Å². The number of benzene rings is 1. The lowest BCUT2D eigenvalue weighted by Gasteiger charge is -2.12. The standard InChI is InChI=1S/C10H9F3N4/c11-10(12,13)9-2-1-8(3-7(9)4-14)17-6-15-5-16-17/h1-3,5-6H,4,14H2. The van der Waals surface area contributed by atoms with E-state index in [2.05, 4.69) is 10.1 Å². The first-order valence-corrected chi connectivity index (χ1v) is 4.77. The van der Waals surface area contributed by atoms with Gasteiger partial charge in [-0.15, -0.1) is 0 Å². The van der Waals surface area contributed by atoms with Crippen molar-refractivity contribution in [3.63, 3.8) is 0 Å². The SMILES string of the molecule is NCc1cc(-n2cncn2)ccc1C(F)(F)F. The largest absolute Gasteiger partial charge is 0.416 e. The van der Waals surface area contributed by atoms with Gasteiger partial charge in [-0.3, -0.25) is 0 Å². The van der Waals surface area contributed by atoms with Crippen LogP contribution in [-0.2, 0) is 12.7 Å². The Morgan fingerprint density at radius 2 is 2.06 bits per heavy atom. The van der Waals surface area contributed by atoms with E-state index in [0.29, 0.717) is 5.69 Å². The van der Waals surface area contributed by atoms with Crippen molar-refractivity contribution in [3.05, 3.63) is 42.0 Å². The van der Waals surface area contributed by atoms with Gasteiger partial charge >= 0.3 is 6.18 Å². The molecule has 0 spiro atoms. The van der Waals surface area contributed by atoms with Gasteiger partial charge in [-0.25, -0.2) is 9.67 Å². The highest BCUT2D eigenvalue weighted by molar-refractivity contribution is 5.41. The Bertz CT molecular complexity index is 505. The summed E-state index contributed by atoms with van der Waals surface area (Å²) in [6, 6.07) is 3.69. The molecule has 90 valence electrons. The number of nitrogens with zero attached hydrogens (tertiary/aromatic N) is 3. The van der Waals surface area contributed by atoms with Crippen LogP contribution < -0.4 is 5.73 Å². The number of nitrogens with two attached hydrogens (primary N) is 1. The molecule has 1 aromatic heterocycles. The smallest absolute Gasteiger partial charge is 0.326 e. The minimum atomic E-state index is -4.39. The highest BCUT2D eigenvalue weighted by Crippen LogP contribution is 2.32. The van der Waals surface area contributed by atoms with Crippen molar-refractivity contribution in [3.8, 4) is 5.69 Å². The zero-order valence-electron chi connectivity index (χ0n) is 8.65. The third-order valence-corrected chi connectivity index (χ3v) is 2.30. The molecular formula is C10H9F3N4. The van der Waals surface area contributed by atoms with Crippen LogP contribution in [0.5, 0.6) is 0 Å². The molecule has 2 rings (SSSR count). The predicted octanol–water partition coefficient (Wildman–Crippen LogP) is 1.74. The first-order valence-electron chi connectivity index (χ1n) is 4.77. The van der Waals surface area contributed by atoms with E-state index in [4.69, 9.17) is 5.73 Å². The second kappa shape index (κ2) is 4.17. The van der Waals surface area contributed by atoms with Gasteiger partial charge < -0.3 is 5.73 Å². The van der Waals surface area contributed by atoms with E-state index < -0.39 is 11.7 Å². The fourth-order valence-corrected chi connectivity index (χ4v) is 1.51. The van der Waals surface area contributed by atoms with Gasteiger partial charge in [0.1, 0.15) is 12.7 Å². The van der Waals surface area contributed by atoms with Gasteiger partial charge in [-0.2, -0.15) is 18.3 Å². The summed E-state index contributed by atoms with van der Waals surface area (Å²) in [4.78, 5) is 3.72. The summed E-state index contributed by atoms with van der Waals surface area (Å²) >= 11 is 0. The molecule has 4 nitrogen and oxygen atoms in total.